The number of esters is 1. The van der Waals surface area contributed by atoms with Crippen LogP contribution in [0.15, 0.2) is 24.3 Å². The number of ether oxygens (including phenoxy) is 1. The van der Waals surface area contributed by atoms with E-state index in [0.717, 1.165) is 10.6 Å². The fraction of sp³-hybridized carbons (Fsp3) is 0.500. The molecule has 1 unspecified atom stereocenters. The van der Waals surface area contributed by atoms with Gasteiger partial charge in [-0.2, -0.15) is 0 Å². The Morgan fingerprint density at radius 2 is 2.00 bits per heavy atom. The summed E-state index contributed by atoms with van der Waals surface area (Å²) in [6, 6.07) is 7.12. The van der Waals surface area contributed by atoms with E-state index in [1.54, 1.807) is 0 Å². The van der Waals surface area contributed by atoms with Gasteiger partial charge in [0, 0.05) is 5.69 Å². The second-order valence-electron chi connectivity index (χ2n) is 6.53. The summed E-state index contributed by atoms with van der Waals surface area (Å²) in [4.78, 5) is 36.6. The summed E-state index contributed by atoms with van der Waals surface area (Å²) in [5.74, 6) is -0.429. The molecule has 0 aromatic heterocycles. The van der Waals surface area contributed by atoms with Crippen LogP contribution in [0.5, 0.6) is 0 Å². The average Bonchev–Trinajstić information content (AvgIpc) is 2.58. The standard InChI is InChI=1S/C18H25N3O4/c1-12(2)13-4-6-14(7-5-13)20-16(22)11-21-9-8-19-18(24)15(21)10-17(23)25-3/h4-7,12,15H,8-11H2,1-3H3,(H,19,24)(H,20,22)/p+1/t15-/m0/s1. The molecule has 1 fully saturated rings. The molecule has 0 radical (unpaired) electrons. The summed E-state index contributed by atoms with van der Waals surface area (Å²) in [6.07, 6.45) is -0.0337. The molecule has 3 N–H and O–H groups in total. The van der Waals surface area contributed by atoms with Crippen LogP contribution in [0.1, 0.15) is 31.7 Å². The number of piperazine rings is 1. The molecular weight excluding hydrogens is 322 g/mol. The van der Waals surface area contributed by atoms with Gasteiger partial charge in [-0.1, -0.05) is 26.0 Å². The van der Waals surface area contributed by atoms with E-state index in [1.807, 2.05) is 24.3 Å². The van der Waals surface area contributed by atoms with Crippen molar-refractivity contribution in [2.24, 2.45) is 0 Å². The van der Waals surface area contributed by atoms with E-state index in [0.29, 0.717) is 19.0 Å². The molecule has 25 heavy (non-hydrogen) atoms. The molecule has 1 aliphatic heterocycles. The van der Waals surface area contributed by atoms with Crippen LogP contribution in [0.2, 0.25) is 0 Å². The summed E-state index contributed by atoms with van der Waals surface area (Å²) in [5.41, 5.74) is 1.93. The number of amides is 2. The second-order valence-corrected chi connectivity index (χ2v) is 6.53. The first kappa shape index (κ1) is 18.9. The van der Waals surface area contributed by atoms with E-state index < -0.39 is 12.0 Å². The molecule has 1 aliphatic rings. The highest BCUT2D eigenvalue weighted by molar-refractivity contribution is 5.92. The third kappa shape index (κ3) is 5.29. The highest BCUT2D eigenvalue weighted by atomic mass is 16.5. The van der Waals surface area contributed by atoms with Gasteiger partial charge >= 0.3 is 5.97 Å². The van der Waals surface area contributed by atoms with Gasteiger partial charge in [0.05, 0.1) is 20.2 Å². The van der Waals surface area contributed by atoms with Crippen molar-refractivity contribution in [3.05, 3.63) is 29.8 Å². The number of hydrogen-bond acceptors (Lipinski definition) is 4. The molecule has 1 saturated heterocycles. The summed E-state index contributed by atoms with van der Waals surface area (Å²) in [6.45, 7) is 5.43. The molecule has 2 rings (SSSR count). The number of carbonyl (C=O) groups excluding carboxylic acids is 3. The highest BCUT2D eigenvalue weighted by Gasteiger charge is 2.36. The van der Waals surface area contributed by atoms with Crippen LogP contribution in [-0.4, -0.2) is 50.6 Å². The molecule has 1 aromatic rings. The third-order valence-corrected chi connectivity index (χ3v) is 4.40. The van der Waals surface area contributed by atoms with Crippen LogP contribution >= 0.6 is 0 Å². The SMILES string of the molecule is COC(=O)C[C@H]1C(=O)NCC[NH+]1CC(=O)Nc1ccc(C(C)C)cc1. The summed E-state index contributed by atoms with van der Waals surface area (Å²) in [7, 11) is 1.29. The lowest BCUT2D eigenvalue weighted by molar-refractivity contribution is -0.909. The van der Waals surface area contributed by atoms with Crippen molar-refractivity contribution in [3.63, 3.8) is 0 Å². The van der Waals surface area contributed by atoms with E-state index >= 15 is 0 Å². The molecule has 0 saturated carbocycles. The molecule has 1 aromatic carbocycles. The minimum Gasteiger partial charge on any atom is -0.469 e. The monoisotopic (exact) mass is 348 g/mol. The highest BCUT2D eigenvalue weighted by Crippen LogP contribution is 2.16. The number of quaternary nitrogens is 1. The van der Waals surface area contributed by atoms with E-state index in [2.05, 4.69) is 29.2 Å². The molecule has 7 nitrogen and oxygen atoms in total. The lowest BCUT2D eigenvalue weighted by atomic mass is 10.0. The molecular formula is C18H26N3O4+. The Hall–Kier alpha value is -2.41. The molecule has 0 aliphatic carbocycles. The summed E-state index contributed by atoms with van der Waals surface area (Å²) in [5, 5.41) is 5.58. The maximum Gasteiger partial charge on any atom is 0.312 e. The van der Waals surface area contributed by atoms with Crippen molar-refractivity contribution in [2.45, 2.75) is 32.2 Å². The van der Waals surface area contributed by atoms with Gasteiger partial charge in [-0.15, -0.1) is 0 Å². The van der Waals surface area contributed by atoms with Crippen LogP contribution in [0.4, 0.5) is 5.69 Å². The maximum absolute atomic E-state index is 12.3. The van der Waals surface area contributed by atoms with Gasteiger partial charge in [-0.05, 0) is 23.6 Å². The Labute approximate surface area is 147 Å². The van der Waals surface area contributed by atoms with Gasteiger partial charge in [0.25, 0.3) is 11.8 Å². The summed E-state index contributed by atoms with van der Waals surface area (Å²) < 4.78 is 4.65. The Kier molecular flexibility index (Phi) is 6.52. The fourth-order valence-electron chi connectivity index (χ4n) is 2.89. The van der Waals surface area contributed by atoms with Crippen molar-refractivity contribution in [1.82, 2.24) is 5.32 Å². The van der Waals surface area contributed by atoms with Gasteiger partial charge in [0.2, 0.25) is 0 Å². The van der Waals surface area contributed by atoms with Crippen molar-refractivity contribution < 1.29 is 24.0 Å². The zero-order chi connectivity index (χ0) is 18.4. The molecule has 0 bridgehead atoms. The Morgan fingerprint density at radius 1 is 1.32 bits per heavy atom. The second kappa shape index (κ2) is 8.62. The van der Waals surface area contributed by atoms with Crippen molar-refractivity contribution in [3.8, 4) is 0 Å². The van der Waals surface area contributed by atoms with E-state index in [4.69, 9.17) is 0 Å². The van der Waals surface area contributed by atoms with E-state index in [1.165, 1.54) is 12.7 Å². The third-order valence-electron chi connectivity index (χ3n) is 4.40. The number of nitrogens with one attached hydrogen (secondary N) is 3. The minimum absolute atomic E-state index is 0.0337. The molecule has 2 amide bonds. The average molecular weight is 348 g/mol. The topological polar surface area (TPSA) is 88.9 Å². The van der Waals surface area contributed by atoms with E-state index in [9.17, 15) is 14.4 Å². The van der Waals surface area contributed by atoms with E-state index in [-0.39, 0.29) is 24.8 Å². The Balaban J connectivity index is 1.97. The molecule has 2 atom stereocenters. The molecule has 136 valence electrons. The lowest BCUT2D eigenvalue weighted by Gasteiger charge is -2.30. The first-order chi connectivity index (χ1) is 11.9. The predicted octanol–water partition coefficient (Wildman–Crippen LogP) is -0.305. The zero-order valence-electron chi connectivity index (χ0n) is 14.9. The lowest BCUT2D eigenvalue weighted by Crippen LogP contribution is -3.20. The van der Waals surface area contributed by atoms with Gasteiger partial charge in [0.1, 0.15) is 6.42 Å². The number of anilines is 1. The van der Waals surface area contributed by atoms with Crippen LogP contribution in [0.3, 0.4) is 0 Å². The number of methoxy groups -OCH3 is 1. The van der Waals surface area contributed by atoms with Crippen LogP contribution in [-0.2, 0) is 19.1 Å². The first-order valence-electron chi connectivity index (χ1n) is 8.49. The zero-order valence-corrected chi connectivity index (χ0v) is 14.9. The molecule has 7 heteroatoms. The van der Waals surface area contributed by atoms with Crippen LogP contribution in [0, 0.1) is 0 Å². The maximum atomic E-state index is 12.3. The van der Waals surface area contributed by atoms with Crippen molar-refractivity contribution in [1.29, 1.82) is 0 Å². The van der Waals surface area contributed by atoms with Crippen molar-refractivity contribution >= 4 is 23.5 Å². The first-order valence-corrected chi connectivity index (χ1v) is 8.49. The predicted molar refractivity (Wildman–Crippen MR) is 93.3 cm³/mol. The van der Waals surface area contributed by atoms with Crippen LogP contribution in [0.25, 0.3) is 0 Å². The minimum atomic E-state index is -0.602. The molecule has 1 heterocycles. The summed E-state index contributed by atoms with van der Waals surface area (Å²) >= 11 is 0. The van der Waals surface area contributed by atoms with Crippen molar-refractivity contribution in [2.75, 3.05) is 32.1 Å². The smallest absolute Gasteiger partial charge is 0.312 e. The van der Waals surface area contributed by atoms with Gasteiger partial charge in [-0.3, -0.25) is 14.4 Å². The Bertz CT molecular complexity index is 628. The quantitative estimate of drug-likeness (QED) is 0.616. The normalized spacial score (nSPS) is 20.1. The van der Waals surface area contributed by atoms with Gasteiger partial charge in [-0.25, -0.2) is 0 Å². The number of rotatable bonds is 6. The molecule has 0 spiro atoms. The number of benzene rings is 1. The largest absolute Gasteiger partial charge is 0.469 e. The van der Waals surface area contributed by atoms with Gasteiger partial charge < -0.3 is 20.3 Å². The van der Waals surface area contributed by atoms with Crippen LogP contribution < -0.4 is 15.5 Å². The Morgan fingerprint density at radius 3 is 2.60 bits per heavy atom. The number of carbonyl (C=O) groups is 3. The van der Waals surface area contributed by atoms with Gasteiger partial charge in [0.15, 0.2) is 12.6 Å². The number of hydrogen-bond donors (Lipinski definition) is 3. The fourth-order valence-corrected chi connectivity index (χ4v) is 2.89.